The fraction of sp³-hybridized carbons (Fsp3) is 0.429. The number of para-hydroxylation sites is 1. The molecule has 2 rings (SSSR count). The van der Waals surface area contributed by atoms with Crippen molar-refractivity contribution in [3.05, 3.63) is 23.8 Å². The molecule has 6 nitrogen and oxygen atoms in total. The Morgan fingerprint density at radius 3 is 2.75 bits per heavy atom. The number of ether oxygens (including phenoxy) is 1. The molecule has 0 unspecified atom stereocenters. The fourth-order valence-electron chi connectivity index (χ4n) is 1.94. The predicted octanol–water partition coefficient (Wildman–Crippen LogP) is 0.628. The summed E-state index contributed by atoms with van der Waals surface area (Å²) in [6.45, 7) is 0.0211. The van der Waals surface area contributed by atoms with Gasteiger partial charge < -0.3 is 20.7 Å². The second-order valence-electron chi connectivity index (χ2n) is 4.93. The number of nitrogen functional groups attached to an aromatic ring is 1. The molecule has 0 radical (unpaired) electrons. The van der Waals surface area contributed by atoms with Crippen LogP contribution in [0.4, 0.5) is 5.69 Å². The Morgan fingerprint density at radius 2 is 2.15 bits per heavy atom. The molecule has 1 aromatic rings. The number of nitrogens with zero attached hydrogens (tertiary/aromatic N) is 1. The Bertz CT molecular complexity index is 526. The summed E-state index contributed by atoms with van der Waals surface area (Å²) >= 11 is 0. The lowest BCUT2D eigenvalue weighted by atomic mass is 10.1. The van der Waals surface area contributed by atoms with Crippen molar-refractivity contribution in [2.24, 2.45) is 0 Å². The number of rotatable bonds is 5. The largest absolute Gasteiger partial charge is 0.494 e. The molecule has 3 N–H and O–H groups in total. The lowest BCUT2D eigenvalue weighted by Gasteiger charge is -2.18. The van der Waals surface area contributed by atoms with E-state index in [4.69, 9.17) is 10.5 Å². The van der Waals surface area contributed by atoms with Gasteiger partial charge in [0.05, 0.1) is 24.9 Å². The molecule has 0 aliphatic heterocycles. The SMILES string of the molecule is COc1c(N)cccc1C(=O)N(C)CC(=O)NC1CC1. The Labute approximate surface area is 117 Å². The minimum absolute atomic E-state index is 0.0211. The first kappa shape index (κ1) is 14.2. The van der Waals surface area contributed by atoms with Crippen LogP contribution in [0, 0.1) is 0 Å². The lowest BCUT2D eigenvalue weighted by Crippen LogP contribution is -2.39. The smallest absolute Gasteiger partial charge is 0.257 e. The number of benzene rings is 1. The van der Waals surface area contributed by atoms with Gasteiger partial charge in [-0.05, 0) is 25.0 Å². The van der Waals surface area contributed by atoms with Gasteiger partial charge in [-0.1, -0.05) is 6.07 Å². The number of amides is 2. The zero-order chi connectivity index (χ0) is 14.7. The number of nitrogens with two attached hydrogens (primary N) is 1. The molecule has 108 valence electrons. The first-order valence-corrected chi connectivity index (χ1v) is 6.50. The number of hydrogen-bond acceptors (Lipinski definition) is 4. The maximum Gasteiger partial charge on any atom is 0.257 e. The van der Waals surface area contributed by atoms with Gasteiger partial charge >= 0.3 is 0 Å². The van der Waals surface area contributed by atoms with Gasteiger partial charge in [0, 0.05) is 13.1 Å². The first-order chi connectivity index (χ1) is 9.52. The third-order valence-corrected chi connectivity index (χ3v) is 3.15. The summed E-state index contributed by atoms with van der Waals surface area (Å²) in [7, 11) is 3.04. The standard InChI is InChI=1S/C14H19N3O3/c1-17(8-12(18)16-9-6-7-9)14(19)10-4-3-5-11(15)13(10)20-2/h3-5,9H,6-8,15H2,1-2H3,(H,16,18). The topological polar surface area (TPSA) is 84.7 Å². The van der Waals surface area contributed by atoms with Gasteiger partial charge in [-0.15, -0.1) is 0 Å². The van der Waals surface area contributed by atoms with E-state index in [0.29, 0.717) is 17.0 Å². The van der Waals surface area contributed by atoms with Crippen LogP contribution in [0.2, 0.25) is 0 Å². The van der Waals surface area contributed by atoms with E-state index in [-0.39, 0.29) is 24.4 Å². The molecule has 20 heavy (non-hydrogen) atoms. The van der Waals surface area contributed by atoms with E-state index in [1.807, 2.05) is 0 Å². The van der Waals surface area contributed by atoms with Gasteiger partial charge in [-0.2, -0.15) is 0 Å². The maximum atomic E-state index is 12.3. The highest BCUT2D eigenvalue weighted by molar-refractivity contribution is 6.00. The number of hydrogen-bond donors (Lipinski definition) is 2. The maximum absolute atomic E-state index is 12.3. The third-order valence-electron chi connectivity index (χ3n) is 3.15. The van der Waals surface area contributed by atoms with Gasteiger partial charge in [-0.3, -0.25) is 9.59 Å². The van der Waals surface area contributed by atoms with E-state index in [0.717, 1.165) is 12.8 Å². The van der Waals surface area contributed by atoms with Crippen molar-refractivity contribution >= 4 is 17.5 Å². The van der Waals surface area contributed by atoms with Gasteiger partial charge in [0.25, 0.3) is 5.91 Å². The molecule has 1 fully saturated rings. The summed E-state index contributed by atoms with van der Waals surface area (Å²) in [6.07, 6.45) is 2.04. The number of carbonyl (C=O) groups excluding carboxylic acids is 2. The van der Waals surface area contributed by atoms with Crippen LogP contribution in [0.3, 0.4) is 0 Å². The van der Waals surface area contributed by atoms with Crippen molar-refractivity contribution in [2.75, 3.05) is 26.4 Å². The fourth-order valence-corrected chi connectivity index (χ4v) is 1.94. The van der Waals surface area contributed by atoms with Crippen LogP contribution in [0.5, 0.6) is 5.75 Å². The molecule has 0 atom stereocenters. The number of nitrogens with one attached hydrogen (secondary N) is 1. The summed E-state index contributed by atoms with van der Waals surface area (Å²) in [4.78, 5) is 25.4. The van der Waals surface area contributed by atoms with E-state index < -0.39 is 0 Å². The highest BCUT2D eigenvalue weighted by Gasteiger charge is 2.25. The average molecular weight is 277 g/mol. The molecule has 1 aliphatic carbocycles. The van der Waals surface area contributed by atoms with Crippen molar-refractivity contribution in [3.63, 3.8) is 0 Å². The van der Waals surface area contributed by atoms with Gasteiger partial charge in [0.15, 0.2) is 5.75 Å². The van der Waals surface area contributed by atoms with Crippen molar-refractivity contribution in [2.45, 2.75) is 18.9 Å². The molecule has 0 aromatic heterocycles. The van der Waals surface area contributed by atoms with Gasteiger partial charge in [0.2, 0.25) is 5.91 Å². The van der Waals surface area contributed by atoms with Crippen LogP contribution in [-0.2, 0) is 4.79 Å². The monoisotopic (exact) mass is 277 g/mol. The highest BCUT2D eigenvalue weighted by atomic mass is 16.5. The molecule has 2 amide bonds. The van der Waals surface area contributed by atoms with Crippen molar-refractivity contribution in [1.29, 1.82) is 0 Å². The predicted molar refractivity (Wildman–Crippen MR) is 75.5 cm³/mol. The Balaban J connectivity index is 2.05. The summed E-state index contributed by atoms with van der Waals surface area (Å²) in [6, 6.07) is 5.26. The van der Waals surface area contributed by atoms with Crippen molar-refractivity contribution in [1.82, 2.24) is 10.2 Å². The van der Waals surface area contributed by atoms with Crippen molar-refractivity contribution < 1.29 is 14.3 Å². The zero-order valence-corrected chi connectivity index (χ0v) is 11.7. The van der Waals surface area contributed by atoms with E-state index in [9.17, 15) is 9.59 Å². The Morgan fingerprint density at radius 1 is 1.45 bits per heavy atom. The van der Waals surface area contributed by atoms with Gasteiger partial charge in [-0.25, -0.2) is 0 Å². The molecular weight excluding hydrogens is 258 g/mol. The summed E-state index contributed by atoms with van der Waals surface area (Å²) in [5, 5.41) is 2.84. The molecule has 6 heteroatoms. The van der Waals surface area contributed by atoms with Crippen LogP contribution in [-0.4, -0.2) is 43.5 Å². The molecule has 1 saturated carbocycles. The van der Waals surface area contributed by atoms with Gasteiger partial charge in [0.1, 0.15) is 0 Å². The third kappa shape index (κ3) is 3.20. The minimum Gasteiger partial charge on any atom is -0.494 e. The quantitative estimate of drug-likeness (QED) is 0.773. The number of methoxy groups -OCH3 is 1. The van der Waals surface area contributed by atoms with Crippen molar-refractivity contribution in [3.8, 4) is 5.75 Å². The molecule has 0 saturated heterocycles. The van der Waals surface area contributed by atoms with Crippen LogP contribution < -0.4 is 15.8 Å². The molecule has 1 aromatic carbocycles. The van der Waals surface area contributed by atoms with Crippen LogP contribution in [0.1, 0.15) is 23.2 Å². The van der Waals surface area contributed by atoms with E-state index >= 15 is 0 Å². The Hall–Kier alpha value is -2.24. The molecular formula is C14H19N3O3. The zero-order valence-electron chi connectivity index (χ0n) is 11.7. The van der Waals surface area contributed by atoms with E-state index in [2.05, 4.69) is 5.32 Å². The normalized spacial score (nSPS) is 13.7. The summed E-state index contributed by atoms with van der Waals surface area (Å²) in [5.74, 6) is -0.0988. The van der Waals surface area contributed by atoms with E-state index in [1.165, 1.54) is 12.0 Å². The lowest BCUT2D eigenvalue weighted by molar-refractivity contribution is -0.121. The molecule has 1 aliphatic rings. The number of anilines is 1. The number of likely N-dealkylation sites (N-methyl/N-ethyl adjacent to an activating group) is 1. The second-order valence-corrected chi connectivity index (χ2v) is 4.93. The van der Waals surface area contributed by atoms with Crippen LogP contribution in [0.15, 0.2) is 18.2 Å². The van der Waals surface area contributed by atoms with E-state index in [1.54, 1.807) is 25.2 Å². The molecule has 0 bridgehead atoms. The highest BCUT2D eigenvalue weighted by Crippen LogP contribution is 2.26. The van der Waals surface area contributed by atoms with Crippen LogP contribution >= 0.6 is 0 Å². The molecule has 0 spiro atoms. The average Bonchev–Trinajstić information content (AvgIpc) is 3.21. The number of carbonyl (C=O) groups is 2. The van der Waals surface area contributed by atoms with Crippen LogP contribution in [0.25, 0.3) is 0 Å². The minimum atomic E-state index is -0.292. The summed E-state index contributed by atoms with van der Waals surface area (Å²) < 4.78 is 5.15. The second kappa shape index (κ2) is 5.81. The summed E-state index contributed by atoms with van der Waals surface area (Å²) in [5.41, 5.74) is 6.52. The molecule has 0 heterocycles. The first-order valence-electron chi connectivity index (χ1n) is 6.50. The Kier molecular flexibility index (Phi) is 4.12.